The van der Waals surface area contributed by atoms with Crippen LogP contribution in [0.5, 0.6) is 0 Å². The van der Waals surface area contributed by atoms with Crippen LogP contribution in [0.3, 0.4) is 0 Å². The Bertz CT molecular complexity index is 260. The van der Waals surface area contributed by atoms with Crippen molar-refractivity contribution in [2.45, 2.75) is 39.2 Å². The molecular weight excluding hydrogens is 226 g/mol. The van der Waals surface area contributed by atoms with Crippen molar-refractivity contribution in [1.29, 1.82) is 0 Å². The Labute approximate surface area is 111 Å². The van der Waals surface area contributed by atoms with Crippen molar-refractivity contribution < 1.29 is 4.79 Å². The van der Waals surface area contributed by atoms with E-state index in [1.807, 2.05) is 11.9 Å². The molecule has 0 unspecified atom stereocenters. The molecule has 0 aliphatic carbocycles. The fourth-order valence-electron chi connectivity index (χ4n) is 2.61. The Morgan fingerprint density at radius 3 is 2.44 bits per heavy atom. The van der Waals surface area contributed by atoms with Gasteiger partial charge in [-0.1, -0.05) is 13.8 Å². The molecule has 1 atom stereocenters. The van der Waals surface area contributed by atoms with E-state index in [1.54, 1.807) is 0 Å². The average Bonchev–Trinajstić information content (AvgIpc) is 2.30. The van der Waals surface area contributed by atoms with E-state index in [4.69, 9.17) is 5.73 Å². The van der Waals surface area contributed by atoms with Gasteiger partial charge >= 0.3 is 0 Å². The van der Waals surface area contributed by atoms with Gasteiger partial charge in [0.1, 0.15) is 0 Å². The first-order chi connectivity index (χ1) is 8.40. The summed E-state index contributed by atoms with van der Waals surface area (Å²) in [6.07, 6.45) is 3.15. The van der Waals surface area contributed by atoms with Crippen molar-refractivity contribution in [2.75, 3.05) is 33.7 Å². The van der Waals surface area contributed by atoms with Gasteiger partial charge < -0.3 is 15.5 Å². The average molecular weight is 255 g/mol. The van der Waals surface area contributed by atoms with Crippen molar-refractivity contribution in [3.8, 4) is 0 Å². The number of amides is 1. The van der Waals surface area contributed by atoms with E-state index in [1.165, 1.54) is 12.8 Å². The van der Waals surface area contributed by atoms with Crippen LogP contribution in [0.4, 0.5) is 0 Å². The first-order valence-corrected chi connectivity index (χ1v) is 7.09. The molecule has 2 N–H and O–H groups in total. The van der Waals surface area contributed by atoms with Gasteiger partial charge in [-0.15, -0.1) is 0 Å². The van der Waals surface area contributed by atoms with Crippen LogP contribution in [0.2, 0.25) is 0 Å². The number of carbonyl (C=O) groups is 1. The summed E-state index contributed by atoms with van der Waals surface area (Å²) in [5.74, 6) is 1.21. The number of carbonyl (C=O) groups excluding carboxylic acids is 1. The summed E-state index contributed by atoms with van der Waals surface area (Å²) in [4.78, 5) is 16.3. The maximum atomic E-state index is 12.1. The highest BCUT2D eigenvalue weighted by atomic mass is 16.2. The fourth-order valence-corrected chi connectivity index (χ4v) is 2.61. The van der Waals surface area contributed by atoms with E-state index in [0.29, 0.717) is 11.8 Å². The molecule has 0 radical (unpaired) electrons. The summed E-state index contributed by atoms with van der Waals surface area (Å²) in [5, 5.41) is 0. The molecular formula is C14H29N3O. The summed E-state index contributed by atoms with van der Waals surface area (Å²) in [7, 11) is 4.05. The smallest absolute Gasteiger partial charge is 0.239 e. The molecule has 4 heteroatoms. The van der Waals surface area contributed by atoms with Gasteiger partial charge in [0.05, 0.1) is 6.04 Å². The monoisotopic (exact) mass is 255 g/mol. The lowest BCUT2D eigenvalue weighted by Gasteiger charge is -2.32. The molecule has 1 saturated heterocycles. The Balaban J connectivity index is 2.35. The van der Waals surface area contributed by atoms with Crippen molar-refractivity contribution in [1.82, 2.24) is 9.80 Å². The number of hydrogen-bond donors (Lipinski definition) is 1. The second-order valence-corrected chi connectivity index (χ2v) is 6.20. The Hall–Kier alpha value is -0.610. The quantitative estimate of drug-likeness (QED) is 0.802. The summed E-state index contributed by atoms with van der Waals surface area (Å²) in [5.41, 5.74) is 5.95. The van der Waals surface area contributed by atoms with Crippen molar-refractivity contribution in [3.05, 3.63) is 0 Å². The minimum absolute atomic E-state index is 0.0997. The molecule has 1 fully saturated rings. The van der Waals surface area contributed by atoms with Crippen LogP contribution in [0.1, 0.15) is 33.1 Å². The molecule has 106 valence electrons. The zero-order valence-corrected chi connectivity index (χ0v) is 12.4. The Morgan fingerprint density at radius 1 is 1.39 bits per heavy atom. The molecule has 4 nitrogen and oxygen atoms in total. The molecule has 18 heavy (non-hydrogen) atoms. The van der Waals surface area contributed by atoms with Gasteiger partial charge in [-0.25, -0.2) is 0 Å². The highest BCUT2D eigenvalue weighted by Crippen LogP contribution is 2.17. The number of likely N-dealkylation sites (N-methyl/N-ethyl adjacent to an activating group) is 1. The van der Waals surface area contributed by atoms with E-state index >= 15 is 0 Å². The van der Waals surface area contributed by atoms with Crippen LogP contribution >= 0.6 is 0 Å². The minimum atomic E-state index is -0.332. The fraction of sp³-hybridized carbons (Fsp3) is 0.929. The molecule has 0 aromatic carbocycles. The van der Waals surface area contributed by atoms with Gasteiger partial charge in [0, 0.05) is 13.6 Å². The largest absolute Gasteiger partial charge is 0.344 e. The Kier molecular flexibility index (Phi) is 6.09. The molecule has 0 bridgehead atoms. The lowest BCUT2D eigenvalue weighted by molar-refractivity contribution is -0.132. The predicted octanol–water partition coefficient (Wildman–Crippen LogP) is 1.16. The number of rotatable bonds is 5. The van der Waals surface area contributed by atoms with E-state index in [-0.39, 0.29) is 11.9 Å². The van der Waals surface area contributed by atoms with Crippen LogP contribution < -0.4 is 5.73 Å². The number of nitrogens with zero attached hydrogens (tertiary/aromatic N) is 2. The van der Waals surface area contributed by atoms with Crippen LogP contribution in [0, 0.1) is 11.8 Å². The molecule has 0 spiro atoms. The number of likely N-dealkylation sites (tertiary alicyclic amines) is 1. The zero-order chi connectivity index (χ0) is 13.7. The molecule has 1 aliphatic rings. The van der Waals surface area contributed by atoms with Gasteiger partial charge in [-0.3, -0.25) is 4.79 Å². The van der Waals surface area contributed by atoms with E-state index < -0.39 is 0 Å². The third kappa shape index (κ3) is 4.94. The number of piperidine rings is 1. The molecule has 0 aromatic heterocycles. The van der Waals surface area contributed by atoms with E-state index in [2.05, 4.69) is 25.8 Å². The van der Waals surface area contributed by atoms with Crippen molar-refractivity contribution in [2.24, 2.45) is 17.6 Å². The zero-order valence-electron chi connectivity index (χ0n) is 12.4. The van der Waals surface area contributed by atoms with Crippen LogP contribution in [-0.2, 0) is 4.79 Å². The summed E-state index contributed by atoms with van der Waals surface area (Å²) < 4.78 is 0. The molecule has 0 saturated carbocycles. The topological polar surface area (TPSA) is 49.6 Å². The summed E-state index contributed by atoms with van der Waals surface area (Å²) in [6, 6.07) is -0.332. The van der Waals surface area contributed by atoms with Crippen LogP contribution in [-0.4, -0.2) is 55.5 Å². The maximum Gasteiger partial charge on any atom is 0.239 e. The first kappa shape index (κ1) is 15.4. The molecule has 1 heterocycles. The molecule has 0 aromatic rings. The van der Waals surface area contributed by atoms with Gasteiger partial charge in [0.25, 0.3) is 0 Å². The van der Waals surface area contributed by atoms with Gasteiger partial charge in [0.2, 0.25) is 5.91 Å². The molecule has 1 aliphatic heterocycles. The highest BCUT2D eigenvalue weighted by Gasteiger charge is 2.23. The summed E-state index contributed by atoms with van der Waals surface area (Å²) in [6.45, 7) is 7.35. The second-order valence-electron chi connectivity index (χ2n) is 6.20. The lowest BCUT2D eigenvalue weighted by Crippen LogP contribution is -2.45. The van der Waals surface area contributed by atoms with Crippen molar-refractivity contribution in [3.63, 3.8) is 0 Å². The third-order valence-electron chi connectivity index (χ3n) is 3.79. The van der Waals surface area contributed by atoms with E-state index in [9.17, 15) is 4.79 Å². The van der Waals surface area contributed by atoms with Gasteiger partial charge in [-0.05, 0) is 51.2 Å². The summed E-state index contributed by atoms with van der Waals surface area (Å²) >= 11 is 0. The first-order valence-electron chi connectivity index (χ1n) is 7.09. The maximum absolute atomic E-state index is 12.1. The molecule has 1 rings (SSSR count). The van der Waals surface area contributed by atoms with E-state index in [0.717, 1.165) is 26.1 Å². The number of nitrogens with two attached hydrogens (primary N) is 1. The van der Waals surface area contributed by atoms with Gasteiger partial charge in [0.15, 0.2) is 0 Å². The van der Waals surface area contributed by atoms with Gasteiger partial charge in [-0.2, -0.15) is 0 Å². The highest BCUT2D eigenvalue weighted by molar-refractivity contribution is 5.81. The number of hydrogen-bond acceptors (Lipinski definition) is 3. The van der Waals surface area contributed by atoms with Crippen LogP contribution in [0.15, 0.2) is 0 Å². The second kappa shape index (κ2) is 7.10. The van der Waals surface area contributed by atoms with Crippen molar-refractivity contribution >= 4 is 5.91 Å². The minimum Gasteiger partial charge on any atom is -0.344 e. The normalized spacial score (nSPS) is 20.1. The van der Waals surface area contributed by atoms with Crippen LogP contribution in [0.25, 0.3) is 0 Å². The third-order valence-corrected chi connectivity index (χ3v) is 3.79. The Morgan fingerprint density at radius 2 is 1.94 bits per heavy atom. The lowest BCUT2D eigenvalue weighted by atomic mass is 9.96. The SMILES string of the molecule is CC(C)C[C@H](N)C(=O)N(C)CC1CCN(C)CC1. The molecule has 1 amide bonds. The predicted molar refractivity (Wildman–Crippen MR) is 75.3 cm³/mol. The standard InChI is InChI=1S/C14H29N3O/c1-11(2)9-13(15)14(18)17(4)10-12-5-7-16(3)8-6-12/h11-13H,5-10,15H2,1-4H3/t13-/m0/s1.